The van der Waals surface area contributed by atoms with Crippen LogP contribution in [0.5, 0.6) is 11.5 Å². The zero-order valence-electron chi connectivity index (χ0n) is 16.7. The number of para-hydroxylation sites is 2. The van der Waals surface area contributed by atoms with Gasteiger partial charge in [-0.05, 0) is 41.7 Å². The number of hydrogen-bond donors (Lipinski definition) is 0. The van der Waals surface area contributed by atoms with Crippen LogP contribution in [0.2, 0.25) is 0 Å². The average Bonchev–Trinajstić information content (AvgIpc) is 2.81. The molecule has 0 heterocycles. The number of esters is 2. The van der Waals surface area contributed by atoms with Gasteiger partial charge in [0.25, 0.3) is 0 Å². The van der Waals surface area contributed by atoms with Crippen molar-refractivity contribution < 1.29 is 19.1 Å². The van der Waals surface area contributed by atoms with Crippen molar-refractivity contribution in [1.82, 2.24) is 0 Å². The summed E-state index contributed by atoms with van der Waals surface area (Å²) in [4.78, 5) is 24.7. The van der Waals surface area contributed by atoms with E-state index in [2.05, 4.69) is 9.24 Å². The summed E-state index contributed by atoms with van der Waals surface area (Å²) >= 11 is 0. The second-order valence-corrected chi connectivity index (χ2v) is 7.03. The fourth-order valence-electron chi connectivity index (χ4n) is 2.59. The van der Waals surface area contributed by atoms with Crippen molar-refractivity contribution in [1.29, 1.82) is 0 Å². The maximum atomic E-state index is 12.4. The molecule has 4 nitrogen and oxygen atoms in total. The molecule has 0 bridgehead atoms. The normalized spacial score (nSPS) is 9.71. The van der Waals surface area contributed by atoms with E-state index in [1.165, 1.54) is 17.4 Å². The maximum Gasteiger partial charge on any atom is 0.344 e. The predicted molar refractivity (Wildman–Crippen MR) is 125 cm³/mol. The van der Waals surface area contributed by atoms with Gasteiger partial charge in [-0.1, -0.05) is 78.9 Å². The molecule has 0 amide bonds. The molecule has 0 saturated heterocycles. The quantitative estimate of drug-likeness (QED) is 0.251. The summed E-state index contributed by atoms with van der Waals surface area (Å²) in [6, 6.07) is 33.9. The molecule has 0 aliphatic heterocycles. The van der Waals surface area contributed by atoms with E-state index >= 15 is 0 Å². The molecule has 0 N–H and O–H groups in total. The van der Waals surface area contributed by atoms with E-state index in [1.54, 1.807) is 60.7 Å². The third-order valence-electron chi connectivity index (χ3n) is 4.07. The number of carbonyl (C=O) groups is 2. The average molecular weight is 428 g/mol. The first kappa shape index (κ1) is 21.9. The highest BCUT2D eigenvalue weighted by Crippen LogP contribution is 2.17. The van der Waals surface area contributed by atoms with Crippen molar-refractivity contribution in [2.75, 3.05) is 0 Å². The van der Waals surface area contributed by atoms with Crippen LogP contribution in [-0.2, 0) is 0 Å². The lowest BCUT2D eigenvalue weighted by Crippen LogP contribution is -2.17. The Balaban J connectivity index is 0.000000330. The second kappa shape index (κ2) is 11.4. The van der Waals surface area contributed by atoms with E-state index in [9.17, 15) is 9.59 Å². The van der Waals surface area contributed by atoms with Crippen LogP contribution in [0.15, 0.2) is 115 Å². The number of benzene rings is 4. The first-order valence-corrected chi connectivity index (χ1v) is 10.2. The molecule has 5 heteroatoms. The minimum absolute atomic E-state index is 0.155. The maximum absolute atomic E-state index is 12.4. The third kappa shape index (κ3) is 6.91. The van der Waals surface area contributed by atoms with Gasteiger partial charge in [0.15, 0.2) is 0 Å². The highest BCUT2D eigenvalue weighted by atomic mass is 31.0. The minimum atomic E-state index is -0.609. The second-order valence-electron chi connectivity index (χ2n) is 6.36. The van der Waals surface area contributed by atoms with Crippen LogP contribution in [0.1, 0.15) is 20.7 Å². The Morgan fingerprint density at radius 3 is 1.13 bits per heavy atom. The number of carbonyl (C=O) groups excluding carboxylic acids is 2. The monoisotopic (exact) mass is 428 g/mol. The zero-order chi connectivity index (χ0) is 21.9. The van der Waals surface area contributed by atoms with Gasteiger partial charge < -0.3 is 9.47 Å². The third-order valence-corrected chi connectivity index (χ3v) is 4.46. The van der Waals surface area contributed by atoms with Crippen LogP contribution >= 0.6 is 9.24 Å². The molecule has 0 radical (unpaired) electrons. The van der Waals surface area contributed by atoms with E-state index in [0.29, 0.717) is 11.5 Å². The Bertz CT molecular complexity index is 1040. The summed E-state index contributed by atoms with van der Waals surface area (Å²) < 4.78 is 10.6. The molecule has 1 unspecified atom stereocenters. The Hall–Kier alpha value is -3.75. The van der Waals surface area contributed by atoms with Crippen LogP contribution in [0.4, 0.5) is 0 Å². The van der Waals surface area contributed by atoms with Gasteiger partial charge in [0.2, 0.25) is 0 Å². The number of hydrogen-bond acceptors (Lipinski definition) is 4. The van der Waals surface area contributed by atoms with Crippen molar-refractivity contribution in [3.05, 3.63) is 126 Å². The topological polar surface area (TPSA) is 52.6 Å². The smallest absolute Gasteiger partial charge is 0.344 e. The molecule has 4 rings (SSSR count). The van der Waals surface area contributed by atoms with Crippen molar-refractivity contribution in [2.45, 2.75) is 0 Å². The molecule has 1 atom stereocenters. The van der Waals surface area contributed by atoms with Gasteiger partial charge in [0.05, 0.1) is 11.1 Å². The van der Waals surface area contributed by atoms with Crippen LogP contribution < -0.4 is 14.8 Å². The molecule has 0 spiro atoms. The Morgan fingerprint density at radius 2 is 0.806 bits per heavy atom. The minimum Gasteiger partial charge on any atom is -0.423 e. The van der Waals surface area contributed by atoms with Gasteiger partial charge in [-0.3, -0.25) is 0 Å². The van der Waals surface area contributed by atoms with E-state index in [4.69, 9.17) is 9.47 Å². The Morgan fingerprint density at radius 1 is 0.484 bits per heavy atom. The molecule has 0 aliphatic carbocycles. The molecular weight excluding hydrogens is 407 g/mol. The summed E-state index contributed by atoms with van der Waals surface area (Å²) in [5, 5.41) is 1.24. The van der Waals surface area contributed by atoms with Gasteiger partial charge in [0, 0.05) is 0 Å². The molecule has 4 aromatic carbocycles. The molecule has 4 aromatic rings. The van der Waals surface area contributed by atoms with Crippen LogP contribution in [0.3, 0.4) is 0 Å². The van der Waals surface area contributed by atoms with Gasteiger partial charge in [-0.15, -0.1) is 9.24 Å². The highest BCUT2D eigenvalue weighted by Gasteiger charge is 2.20. The molecule has 154 valence electrons. The lowest BCUT2D eigenvalue weighted by Gasteiger charge is -2.09. The van der Waals surface area contributed by atoms with Gasteiger partial charge >= 0.3 is 11.9 Å². The summed E-state index contributed by atoms with van der Waals surface area (Å²) in [6.07, 6.45) is 0. The first-order chi connectivity index (χ1) is 15.1. The Kier molecular flexibility index (Phi) is 8.10. The van der Waals surface area contributed by atoms with E-state index in [1.807, 2.05) is 42.5 Å². The van der Waals surface area contributed by atoms with Crippen molar-refractivity contribution in [3.8, 4) is 11.5 Å². The molecule has 0 saturated carbocycles. The summed E-state index contributed by atoms with van der Waals surface area (Å²) in [5.74, 6) is -0.397. The SMILES string of the molecule is O=C(Oc1ccccc1)c1ccccc1C(=O)Oc1ccccc1.Pc1ccccc1. The van der Waals surface area contributed by atoms with E-state index in [-0.39, 0.29) is 11.1 Å². The van der Waals surface area contributed by atoms with Crippen molar-refractivity contribution >= 4 is 26.5 Å². The fourth-order valence-corrected chi connectivity index (χ4v) is 2.82. The van der Waals surface area contributed by atoms with Crippen molar-refractivity contribution in [3.63, 3.8) is 0 Å². The molecule has 0 aliphatic rings. The van der Waals surface area contributed by atoms with E-state index < -0.39 is 11.9 Å². The first-order valence-electron chi connectivity index (χ1n) is 9.57. The van der Waals surface area contributed by atoms with Crippen molar-refractivity contribution in [2.24, 2.45) is 0 Å². The highest BCUT2D eigenvalue weighted by molar-refractivity contribution is 7.27. The standard InChI is InChI=1S/C20H14O4.C6H7P/c21-19(23-15-9-3-1-4-10-15)17-13-7-8-14-18(17)20(22)24-16-11-5-2-6-12-16;7-6-4-2-1-3-5-6/h1-14H;1-5H,7H2. The van der Waals surface area contributed by atoms with Gasteiger partial charge in [0.1, 0.15) is 11.5 Å². The number of ether oxygens (including phenoxy) is 2. The van der Waals surface area contributed by atoms with Crippen LogP contribution in [-0.4, -0.2) is 11.9 Å². The molecule has 0 fully saturated rings. The van der Waals surface area contributed by atoms with Crippen LogP contribution in [0.25, 0.3) is 0 Å². The predicted octanol–water partition coefficient (Wildman–Crippen LogP) is 5.31. The number of rotatable bonds is 4. The van der Waals surface area contributed by atoms with Crippen LogP contribution in [0, 0.1) is 0 Å². The summed E-state index contributed by atoms with van der Waals surface area (Å²) in [7, 11) is 2.63. The van der Waals surface area contributed by atoms with E-state index in [0.717, 1.165) is 0 Å². The molecule has 0 aromatic heterocycles. The fraction of sp³-hybridized carbons (Fsp3) is 0. The lowest BCUT2D eigenvalue weighted by atomic mass is 10.1. The van der Waals surface area contributed by atoms with Gasteiger partial charge in [-0.25, -0.2) is 9.59 Å². The molecule has 31 heavy (non-hydrogen) atoms. The largest absolute Gasteiger partial charge is 0.423 e. The lowest BCUT2D eigenvalue weighted by molar-refractivity contribution is 0.0692. The zero-order valence-corrected chi connectivity index (χ0v) is 17.8. The van der Waals surface area contributed by atoms with Gasteiger partial charge in [-0.2, -0.15) is 0 Å². The molecular formula is C26H21O4P. The Labute approximate surface area is 183 Å². The summed E-state index contributed by atoms with van der Waals surface area (Å²) in [6.45, 7) is 0. The summed E-state index contributed by atoms with van der Waals surface area (Å²) in [5.41, 5.74) is 0.310.